The smallest absolute Gasteiger partial charge is 0.206 e. The van der Waals surface area contributed by atoms with Crippen molar-refractivity contribution in [2.75, 3.05) is 0 Å². The minimum Gasteiger partial charge on any atom is -0.206 e. The third-order valence-corrected chi connectivity index (χ3v) is 3.90. The number of thiol groups is 1. The Morgan fingerprint density at radius 2 is 1.58 bits per heavy atom. The van der Waals surface area contributed by atoms with Gasteiger partial charge in [-0.15, -0.1) is 12.6 Å². The summed E-state index contributed by atoms with van der Waals surface area (Å²) in [5, 5.41) is -0.0442. The van der Waals surface area contributed by atoms with Gasteiger partial charge < -0.3 is 0 Å². The summed E-state index contributed by atoms with van der Waals surface area (Å²) in [7, 11) is 0. The van der Waals surface area contributed by atoms with Crippen molar-refractivity contribution in [2.45, 2.75) is 11.1 Å². The molecule has 7 heteroatoms. The summed E-state index contributed by atoms with van der Waals surface area (Å²) in [6.07, 6.45) is -4.87. The van der Waals surface area contributed by atoms with Gasteiger partial charge >= 0.3 is 6.18 Å². The van der Waals surface area contributed by atoms with Gasteiger partial charge in [-0.05, 0) is 35.2 Å². The number of fused-ring (bicyclic) bond motifs is 1. The Morgan fingerprint density at radius 3 is 2.23 bits per heavy atom. The van der Waals surface area contributed by atoms with Gasteiger partial charge in [-0.1, -0.05) is 24.1 Å². The first kappa shape index (κ1) is 18.2. The Kier molecular flexibility index (Phi) is 4.63. The largest absolute Gasteiger partial charge is 0.458 e. The third-order valence-electron chi connectivity index (χ3n) is 3.62. The maximum Gasteiger partial charge on any atom is 0.458 e. The van der Waals surface area contributed by atoms with Crippen LogP contribution in [0.3, 0.4) is 0 Å². The van der Waals surface area contributed by atoms with Crippen LogP contribution in [0.4, 0.5) is 26.3 Å². The summed E-state index contributed by atoms with van der Waals surface area (Å²) in [6.45, 7) is 0. The Hall–Kier alpha value is -2.59. The van der Waals surface area contributed by atoms with Crippen LogP contribution in [-0.4, -0.2) is 6.18 Å². The van der Waals surface area contributed by atoms with Crippen LogP contribution >= 0.6 is 12.6 Å². The van der Waals surface area contributed by atoms with Gasteiger partial charge in [0.2, 0.25) is 0 Å². The lowest BCUT2D eigenvalue weighted by Gasteiger charge is -2.08. The molecule has 0 unspecified atom stereocenters. The topological polar surface area (TPSA) is 0 Å². The van der Waals surface area contributed by atoms with Gasteiger partial charge in [0.1, 0.15) is 17.5 Å². The van der Waals surface area contributed by atoms with Crippen molar-refractivity contribution in [3.63, 3.8) is 0 Å². The lowest BCUT2D eigenvalue weighted by molar-refractivity contribution is -0.0696. The second-order valence-corrected chi connectivity index (χ2v) is 5.91. The Balaban J connectivity index is 2.16. The lowest BCUT2D eigenvalue weighted by Crippen LogP contribution is -2.02. The zero-order chi connectivity index (χ0) is 19.1. The van der Waals surface area contributed by atoms with Gasteiger partial charge in [0, 0.05) is 21.8 Å². The minimum absolute atomic E-state index is 0.0735. The molecule has 0 radical (unpaired) electrons. The fraction of sp³-hybridized carbons (Fsp3) is 0.0526. The summed E-state index contributed by atoms with van der Waals surface area (Å²) in [6, 6.07) is 9.07. The van der Waals surface area contributed by atoms with Crippen molar-refractivity contribution in [2.24, 2.45) is 0 Å². The normalized spacial score (nSPS) is 11.3. The molecule has 132 valence electrons. The zero-order valence-corrected chi connectivity index (χ0v) is 13.7. The van der Waals surface area contributed by atoms with E-state index in [4.69, 9.17) is 0 Å². The lowest BCUT2D eigenvalue weighted by atomic mass is 9.99. The zero-order valence-electron chi connectivity index (χ0n) is 12.8. The van der Waals surface area contributed by atoms with E-state index in [0.717, 1.165) is 12.0 Å². The van der Waals surface area contributed by atoms with Gasteiger partial charge in [0.15, 0.2) is 0 Å². The molecule has 3 aromatic rings. The van der Waals surface area contributed by atoms with Crippen LogP contribution in [0.15, 0.2) is 47.4 Å². The first-order valence-electron chi connectivity index (χ1n) is 7.16. The van der Waals surface area contributed by atoms with E-state index >= 15 is 0 Å². The summed E-state index contributed by atoms with van der Waals surface area (Å²) in [5.74, 6) is -0.662. The molecule has 0 spiro atoms. The Labute approximate surface area is 149 Å². The van der Waals surface area contributed by atoms with E-state index < -0.39 is 29.2 Å². The van der Waals surface area contributed by atoms with E-state index in [1.165, 1.54) is 36.3 Å². The molecule has 0 atom stereocenters. The average Bonchev–Trinajstić information content (AvgIpc) is 2.53. The minimum atomic E-state index is -4.87. The van der Waals surface area contributed by atoms with Gasteiger partial charge in [0.05, 0.1) is 5.56 Å². The fourth-order valence-electron chi connectivity index (χ4n) is 2.48. The third kappa shape index (κ3) is 3.65. The standard InChI is InChI=1S/C19H8F6S/c20-16-8-11-7-10(13-4-2-12(26)9-17(13)21)1-3-14(11)18(22)15(16)5-6-19(23,24)25/h1-4,7-9,26H. The van der Waals surface area contributed by atoms with Crippen LogP contribution in [0.1, 0.15) is 5.56 Å². The number of hydrogen-bond donors (Lipinski definition) is 1. The maximum absolute atomic E-state index is 14.4. The Bertz CT molecular complexity index is 1070. The van der Waals surface area contributed by atoms with Crippen LogP contribution in [0.5, 0.6) is 0 Å². The summed E-state index contributed by atoms with van der Waals surface area (Å²) >= 11 is 4.02. The molecule has 0 aromatic heterocycles. The molecule has 0 aliphatic rings. The predicted octanol–water partition coefficient (Wildman–Crippen LogP) is 6.13. The molecule has 26 heavy (non-hydrogen) atoms. The van der Waals surface area contributed by atoms with Gasteiger partial charge in [-0.2, -0.15) is 13.2 Å². The van der Waals surface area contributed by atoms with Crippen LogP contribution < -0.4 is 0 Å². The number of rotatable bonds is 1. The van der Waals surface area contributed by atoms with E-state index in [2.05, 4.69) is 12.6 Å². The number of benzene rings is 3. The summed E-state index contributed by atoms with van der Waals surface area (Å²) in [4.78, 5) is 0.414. The quantitative estimate of drug-likeness (QED) is 0.292. The van der Waals surface area contributed by atoms with Gasteiger partial charge in [-0.25, -0.2) is 13.2 Å². The number of hydrogen-bond acceptors (Lipinski definition) is 1. The monoisotopic (exact) mass is 382 g/mol. The van der Waals surface area contributed by atoms with Crippen LogP contribution in [-0.2, 0) is 0 Å². The van der Waals surface area contributed by atoms with Crippen molar-refractivity contribution < 1.29 is 26.3 Å². The van der Waals surface area contributed by atoms with Gasteiger partial charge in [0.25, 0.3) is 0 Å². The maximum atomic E-state index is 14.4. The highest BCUT2D eigenvalue weighted by Gasteiger charge is 2.24. The van der Waals surface area contributed by atoms with Crippen LogP contribution in [0.25, 0.3) is 21.9 Å². The molecule has 0 nitrogen and oxygen atoms in total. The average molecular weight is 382 g/mol. The summed E-state index contributed by atoms with van der Waals surface area (Å²) < 4.78 is 79.0. The van der Waals surface area contributed by atoms with Crippen molar-refractivity contribution in [3.8, 4) is 23.0 Å². The SMILES string of the molecule is Fc1cc(S)ccc1-c1ccc2c(F)c(C#CC(F)(F)F)c(F)cc2c1. The highest BCUT2D eigenvalue weighted by molar-refractivity contribution is 7.80. The molecule has 0 N–H and O–H groups in total. The first-order chi connectivity index (χ1) is 12.2. The highest BCUT2D eigenvalue weighted by Crippen LogP contribution is 2.31. The van der Waals surface area contributed by atoms with Crippen LogP contribution in [0.2, 0.25) is 0 Å². The van der Waals surface area contributed by atoms with Crippen LogP contribution in [0, 0.1) is 29.3 Å². The van der Waals surface area contributed by atoms with E-state index in [1.54, 1.807) is 6.07 Å². The second kappa shape index (κ2) is 6.61. The van der Waals surface area contributed by atoms with Crippen molar-refractivity contribution in [1.29, 1.82) is 0 Å². The second-order valence-electron chi connectivity index (χ2n) is 5.40. The molecule has 0 aliphatic heterocycles. The number of alkyl halides is 3. The molecule has 0 bridgehead atoms. The molecule has 0 aliphatic carbocycles. The number of halogens is 6. The predicted molar refractivity (Wildman–Crippen MR) is 89.4 cm³/mol. The van der Waals surface area contributed by atoms with Crippen molar-refractivity contribution in [3.05, 3.63) is 65.5 Å². The molecule has 3 rings (SSSR count). The molecular formula is C19H8F6S. The van der Waals surface area contributed by atoms with Crippen molar-refractivity contribution >= 4 is 23.4 Å². The molecule has 0 fully saturated rings. The molecular weight excluding hydrogens is 374 g/mol. The molecule has 0 saturated carbocycles. The van der Waals surface area contributed by atoms with E-state index in [0.29, 0.717) is 10.5 Å². The molecule has 0 saturated heterocycles. The van der Waals surface area contributed by atoms with E-state index in [9.17, 15) is 26.3 Å². The molecule has 0 heterocycles. The fourth-order valence-corrected chi connectivity index (χ4v) is 2.67. The van der Waals surface area contributed by atoms with Crippen molar-refractivity contribution in [1.82, 2.24) is 0 Å². The van der Waals surface area contributed by atoms with E-state index in [1.807, 2.05) is 0 Å². The first-order valence-corrected chi connectivity index (χ1v) is 7.61. The van der Waals surface area contributed by atoms with Gasteiger partial charge in [-0.3, -0.25) is 0 Å². The molecule has 3 aromatic carbocycles. The molecule has 0 amide bonds. The van der Waals surface area contributed by atoms with E-state index in [-0.39, 0.29) is 16.3 Å². The Morgan fingerprint density at radius 1 is 0.846 bits per heavy atom. The summed E-state index contributed by atoms with van der Waals surface area (Å²) in [5.41, 5.74) is -0.407. The highest BCUT2D eigenvalue weighted by atomic mass is 32.1.